The van der Waals surface area contributed by atoms with Crippen LogP contribution in [-0.4, -0.2) is 30.9 Å². The molecule has 2 unspecified atom stereocenters. The first-order chi connectivity index (χ1) is 8.18. The van der Waals surface area contributed by atoms with E-state index in [1.54, 1.807) is 6.92 Å². The van der Waals surface area contributed by atoms with Crippen molar-refractivity contribution in [2.75, 3.05) is 19.7 Å². The largest absolute Gasteiger partial charge is 0.383 e. The normalized spacial score (nSPS) is 24.2. The highest BCUT2D eigenvalue weighted by Crippen LogP contribution is 2.21. The van der Waals surface area contributed by atoms with Crippen molar-refractivity contribution < 1.29 is 9.84 Å². The third-order valence-electron chi connectivity index (χ3n) is 3.25. The molecule has 17 heavy (non-hydrogen) atoms. The standard InChI is InChI=1S/C14H21NO2/c1-14(16,12-6-3-2-4-7-12)11-17-13-8-5-9-15-10-13/h2-4,6-7,13,15-16H,5,8-11H2,1H3. The van der Waals surface area contributed by atoms with E-state index in [0.29, 0.717) is 6.61 Å². The average molecular weight is 235 g/mol. The van der Waals surface area contributed by atoms with E-state index < -0.39 is 5.60 Å². The first-order valence-corrected chi connectivity index (χ1v) is 6.29. The molecule has 94 valence electrons. The van der Waals surface area contributed by atoms with Gasteiger partial charge in [0, 0.05) is 6.54 Å². The lowest BCUT2D eigenvalue weighted by atomic mass is 9.97. The van der Waals surface area contributed by atoms with Gasteiger partial charge in [0.25, 0.3) is 0 Å². The number of ether oxygens (including phenoxy) is 1. The molecule has 1 aromatic rings. The van der Waals surface area contributed by atoms with Gasteiger partial charge in [0.15, 0.2) is 0 Å². The SMILES string of the molecule is CC(O)(COC1CCCNC1)c1ccccc1. The van der Waals surface area contributed by atoms with E-state index in [-0.39, 0.29) is 6.10 Å². The fourth-order valence-electron chi connectivity index (χ4n) is 2.12. The second-order valence-corrected chi connectivity index (χ2v) is 4.92. The molecule has 2 N–H and O–H groups in total. The maximum atomic E-state index is 10.4. The van der Waals surface area contributed by atoms with E-state index in [1.165, 1.54) is 0 Å². The molecule has 0 aromatic heterocycles. The van der Waals surface area contributed by atoms with Gasteiger partial charge in [-0.05, 0) is 31.9 Å². The summed E-state index contributed by atoms with van der Waals surface area (Å²) in [4.78, 5) is 0. The average Bonchev–Trinajstić information content (AvgIpc) is 2.39. The van der Waals surface area contributed by atoms with Crippen LogP contribution in [0.25, 0.3) is 0 Å². The number of piperidine rings is 1. The Morgan fingerprint density at radius 1 is 1.41 bits per heavy atom. The third kappa shape index (κ3) is 3.53. The Morgan fingerprint density at radius 2 is 2.18 bits per heavy atom. The molecule has 0 amide bonds. The molecular formula is C14H21NO2. The molecular weight excluding hydrogens is 214 g/mol. The quantitative estimate of drug-likeness (QED) is 0.834. The van der Waals surface area contributed by atoms with Gasteiger partial charge in [-0.15, -0.1) is 0 Å². The smallest absolute Gasteiger partial charge is 0.110 e. The van der Waals surface area contributed by atoms with Crippen LogP contribution >= 0.6 is 0 Å². The van der Waals surface area contributed by atoms with Crippen LogP contribution in [0.3, 0.4) is 0 Å². The van der Waals surface area contributed by atoms with Gasteiger partial charge in [-0.2, -0.15) is 0 Å². The second-order valence-electron chi connectivity index (χ2n) is 4.92. The van der Waals surface area contributed by atoms with Crippen molar-refractivity contribution in [1.29, 1.82) is 0 Å². The van der Waals surface area contributed by atoms with Crippen molar-refractivity contribution in [3.8, 4) is 0 Å². The monoisotopic (exact) mass is 235 g/mol. The van der Waals surface area contributed by atoms with Crippen molar-refractivity contribution in [3.63, 3.8) is 0 Å². The maximum absolute atomic E-state index is 10.4. The molecule has 1 aliphatic rings. The zero-order valence-corrected chi connectivity index (χ0v) is 10.4. The first-order valence-electron chi connectivity index (χ1n) is 6.29. The number of nitrogens with one attached hydrogen (secondary N) is 1. The molecule has 3 nitrogen and oxygen atoms in total. The van der Waals surface area contributed by atoms with Crippen LogP contribution in [0, 0.1) is 0 Å². The zero-order chi connectivity index (χ0) is 12.1. The van der Waals surface area contributed by atoms with Crippen LogP contribution in [0.2, 0.25) is 0 Å². The molecule has 1 fully saturated rings. The molecule has 1 saturated heterocycles. The lowest BCUT2D eigenvalue weighted by Gasteiger charge is -2.29. The molecule has 0 spiro atoms. The van der Waals surface area contributed by atoms with Gasteiger partial charge in [0.2, 0.25) is 0 Å². The van der Waals surface area contributed by atoms with E-state index in [1.807, 2.05) is 30.3 Å². The zero-order valence-electron chi connectivity index (χ0n) is 10.4. The minimum Gasteiger partial charge on any atom is -0.383 e. The summed E-state index contributed by atoms with van der Waals surface area (Å²) in [6.07, 6.45) is 2.47. The Balaban J connectivity index is 1.88. The van der Waals surface area contributed by atoms with Crippen LogP contribution < -0.4 is 5.32 Å². The van der Waals surface area contributed by atoms with E-state index in [0.717, 1.165) is 31.5 Å². The fourth-order valence-corrected chi connectivity index (χ4v) is 2.12. The summed E-state index contributed by atoms with van der Waals surface area (Å²) in [7, 11) is 0. The molecule has 1 aromatic carbocycles. The molecule has 2 rings (SSSR count). The van der Waals surface area contributed by atoms with E-state index in [4.69, 9.17) is 4.74 Å². The van der Waals surface area contributed by atoms with Gasteiger partial charge in [0.05, 0.1) is 12.7 Å². The van der Waals surface area contributed by atoms with Crippen molar-refractivity contribution in [2.24, 2.45) is 0 Å². The predicted molar refractivity (Wildman–Crippen MR) is 67.9 cm³/mol. The minimum absolute atomic E-state index is 0.235. The molecule has 0 radical (unpaired) electrons. The van der Waals surface area contributed by atoms with Crippen molar-refractivity contribution in [2.45, 2.75) is 31.5 Å². The summed E-state index contributed by atoms with van der Waals surface area (Å²) in [5, 5.41) is 13.7. The van der Waals surface area contributed by atoms with Gasteiger partial charge in [-0.1, -0.05) is 30.3 Å². The van der Waals surface area contributed by atoms with Crippen molar-refractivity contribution >= 4 is 0 Å². The van der Waals surface area contributed by atoms with Crippen LogP contribution in [0.4, 0.5) is 0 Å². The highest BCUT2D eigenvalue weighted by atomic mass is 16.5. The summed E-state index contributed by atoms with van der Waals surface area (Å²) in [6, 6.07) is 9.69. The Bertz CT molecular complexity index is 331. The van der Waals surface area contributed by atoms with Gasteiger partial charge >= 0.3 is 0 Å². The molecule has 0 saturated carbocycles. The lowest BCUT2D eigenvalue weighted by Crippen LogP contribution is -2.38. The Labute approximate surface area is 103 Å². The predicted octanol–water partition coefficient (Wildman–Crippen LogP) is 1.66. The molecule has 0 bridgehead atoms. The summed E-state index contributed by atoms with van der Waals surface area (Å²) in [5.41, 5.74) is 0.00221. The van der Waals surface area contributed by atoms with E-state index >= 15 is 0 Å². The van der Waals surface area contributed by atoms with Crippen molar-refractivity contribution in [3.05, 3.63) is 35.9 Å². The van der Waals surface area contributed by atoms with Gasteiger partial charge in [0.1, 0.15) is 5.60 Å². The minimum atomic E-state index is -0.904. The molecule has 0 aliphatic carbocycles. The van der Waals surface area contributed by atoms with Crippen molar-refractivity contribution in [1.82, 2.24) is 5.32 Å². The summed E-state index contributed by atoms with van der Waals surface area (Å²) in [6.45, 7) is 4.13. The van der Waals surface area contributed by atoms with Gasteiger partial charge in [-0.3, -0.25) is 0 Å². The van der Waals surface area contributed by atoms with Gasteiger partial charge in [-0.25, -0.2) is 0 Å². The fraction of sp³-hybridized carbons (Fsp3) is 0.571. The highest BCUT2D eigenvalue weighted by Gasteiger charge is 2.25. The molecule has 1 aliphatic heterocycles. The number of hydrogen-bond donors (Lipinski definition) is 2. The number of benzene rings is 1. The van der Waals surface area contributed by atoms with Crippen LogP contribution in [0.1, 0.15) is 25.3 Å². The van der Waals surface area contributed by atoms with Crippen LogP contribution in [-0.2, 0) is 10.3 Å². The third-order valence-corrected chi connectivity index (χ3v) is 3.25. The van der Waals surface area contributed by atoms with Gasteiger partial charge < -0.3 is 15.2 Å². The topological polar surface area (TPSA) is 41.5 Å². The summed E-state index contributed by atoms with van der Waals surface area (Å²) >= 11 is 0. The molecule has 3 heteroatoms. The number of hydrogen-bond acceptors (Lipinski definition) is 3. The Hall–Kier alpha value is -0.900. The molecule has 1 heterocycles. The second kappa shape index (κ2) is 5.63. The Morgan fingerprint density at radius 3 is 2.82 bits per heavy atom. The number of rotatable bonds is 4. The lowest BCUT2D eigenvalue weighted by molar-refractivity contribution is -0.0715. The van der Waals surface area contributed by atoms with E-state index in [2.05, 4.69) is 5.32 Å². The summed E-state index contributed by atoms with van der Waals surface area (Å²) in [5.74, 6) is 0. The summed E-state index contributed by atoms with van der Waals surface area (Å²) < 4.78 is 5.79. The Kier molecular flexibility index (Phi) is 4.15. The highest BCUT2D eigenvalue weighted by molar-refractivity contribution is 5.21. The van der Waals surface area contributed by atoms with Crippen LogP contribution in [0.15, 0.2) is 30.3 Å². The maximum Gasteiger partial charge on any atom is 0.110 e. The molecule has 2 atom stereocenters. The van der Waals surface area contributed by atoms with Crippen LogP contribution in [0.5, 0.6) is 0 Å². The van der Waals surface area contributed by atoms with E-state index in [9.17, 15) is 5.11 Å². The first kappa shape index (κ1) is 12.6. The number of aliphatic hydroxyl groups is 1.